The lowest BCUT2D eigenvalue weighted by Crippen LogP contribution is -2.42. The fourth-order valence-electron chi connectivity index (χ4n) is 5.57. The van der Waals surface area contributed by atoms with Crippen LogP contribution in [0.2, 0.25) is 0 Å². The Kier molecular flexibility index (Phi) is 2.82. The van der Waals surface area contributed by atoms with Crippen molar-refractivity contribution in [2.45, 2.75) is 51.4 Å². The maximum atomic E-state index is 9.71. The monoisotopic (exact) mass is 284 g/mol. The van der Waals surface area contributed by atoms with Crippen LogP contribution in [0.25, 0.3) is 0 Å². The first-order valence-corrected chi connectivity index (χ1v) is 8.22. The van der Waals surface area contributed by atoms with E-state index in [-0.39, 0.29) is 5.41 Å². The Morgan fingerprint density at radius 3 is 2.90 bits per heavy atom. The molecule has 2 fully saturated rings. The molecule has 0 aliphatic heterocycles. The number of phenols is 1. The second-order valence-corrected chi connectivity index (χ2v) is 7.37. The summed E-state index contributed by atoms with van der Waals surface area (Å²) in [7, 11) is 0. The molecule has 3 heteroatoms. The molecule has 1 aromatic rings. The third-order valence-electron chi connectivity index (χ3n) is 6.61. The zero-order valence-corrected chi connectivity index (χ0v) is 12.7. The molecule has 0 aromatic heterocycles. The van der Waals surface area contributed by atoms with Crippen LogP contribution in [0.15, 0.2) is 23.3 Å². The van der Waals surface area contributed by atoms with Crippen LogP contribution in [0.1, 0.15) is 56.1 Å². The van der Waals surface area contributed by atoms with Gasteiger partial charge in [0.2, 0.25) is 0 Å². The highest BCUT2D eigenvalue weighted by Crippen LogP contribution is 2.59. The standard InChI is InChI=1S/C18H24N2O/c1-18-9-8-14-13-5-3-12(21)10-11(13)2-4-15(14)16(18)6-7-17(18)20-19/h3,5,10,14-16,21H,2,4,6-9,19H2,1H3/t14-,15-,16-,18+/m1/s1. The molecule has 3 nitrogen and oxygen atoms in total. The molecule has 0 amide bonds. The van der Waals surface area contributed by atoms with Crippen molar-refractivity contribution in [3.05, 3.63) is 29.3 Å². The molecule has 0 bridgehead atoms. The van der Waals surface area contributed by atoms with Gasteiger partial charge in [-0.3, -0.25) is 0 Å². The molecule has 3 aliphatic rings. The average Bonchev–Trinajstić information content (AvgIpc) is 2.83. The van der Waals surface area contributed by atoms with Gasteiger partial charge in [0.05, 0.1) is 0 Å². The highest BCUT2D eigenvalue weighted by atomic mass is 16.3. The number of hydrogen-bond donors (Lipinski definition) is 2. The van der Waals surface area contributed by atoms with Crippen molar-refractivity contribution in [3.8, 4) is 5.75 Å². The van der Waals surface area contributed by atoms with Gasteiger partial charge in [-0.1, -0.05) is 13.0 Å². The summed E-state index contributed by atoms with van der Waals surface area (Å²) >= 11 is 0. The number of aromatic hydroxyl groups is 1. The number of rotatable bonds is 0. The smallest absolute Gasteiger partial charge is 0.115 e. The number of benzene rings is 1. The van der Waals surface area contributed by atoms with Gasteiger partial charge in [-0.15, -0.1) is 0 Å². The van der Waals surface area contributed by atoms with Crippen LogP contribution in [-0.4, -0.2) is 10.8 Å². The molecule has 3 aliphatic carbocycles. The first-order valence-electron chi connectivity index (χ1n) is 8.22. The van der Waals surface area contributed by atoms with E-state index in [1.807, 2.05) is 12.1 Å². The number of aryl methyl sites for hydroxylation is 1. The summed E-state index contributed by atoms with van der Waals surface area (Å²) in [5.74, 6) is 8.23. The summed E-state index contributed by atoms with van der Waals surface area (Å²) in [4.78, 5) is 0. The fraction of sp³-hybridized carbons (Fsp3) is 0.611. The summed E-state index contributed by atoms with van der Waals surface area (Å²) in [5.41, 5.74) is 4.35. The number of nitrogens with two attached hydrogens (primary N) is 1. The number of nitrogens with zero attached hydrogens (tertiary/aromatic N) is 1. The Bertz CT molecular complexity index is 609. The number of phenolic OH excluding ortho intramolecular Hbond substituents is 1. The minimum atomic E-state index is 0.240. The first kappa shape index (κ1) is 13.2. The van der Waals surface area contributed by atoms with E-state index in [9.17, 15) is 5.11 Å². The van der Waals surface area contributed by atoms with E-state index in [0.717, 1.165) is 24.7 Å². The van der Waals surface area contributed by atoms with Gasteiger partial charge in [0, 0.05) is 11.1 Å². The van der Waals surface area contributed by atoms with Gasteiger partial charge in [0.1, 0.15) is 5.75 Å². The third kappa shape index (κ3) is 1.76. The van der Waals surface area contributed by atoms with Crippen molar-refractivity contribution < 1.29 is 5.11 Å². The maximum absolute atomic E-state index is 9.71. The van der Waals surface area contributed by atoms with Crippen molar-refractivity contribution >= 4 is 5.71 Å². The van der Waals surface area contributed by atoms with Crippen LogP contribution >= 0.6 is 0 Å². The average molecular weight is 284 g/mol. The van der Waals surface area contributed by atoms with E-state index in [1.54, 1.807) is 0 Å². The topological polar surface area (TPSA) is 58.6 Å². The van der Waals surface area contributed by atoms with E-state index < -0.39 is 0 Å². The largest absolute Gasteiger partial charge is 0.508 e. The van der Waals surface area contributed by atoms with Crippen LogP contribution in [0, 0.1) is 17.3 Å². The summed E-state index contributed by atoms with van der Waals surface area (Å²) in [6.07, 6.45) is 7.12. The summed E-state index contributed by atoms with van der Waals surface area (Å²) < 4.78 is 0. The predicted octanol–water partition coefficient (Wildman–Crippen LogP) is 3.56. The SMILES string of the molecule is C[C@]12CC[C@@H]3c4ccc(O)cc4CC[C@H]3[C@H]1CCC2=NN. The molecule has 4 atom stereocenters. The van der Waals surface area contributed by atoms with Crippen LogP contribution < -0.4 is 5.84 Å². The highest BCUT2D eigenvalue weighted by molar-refractivity contribution is 5.92. The lowest BCUT2D eigenvalue weighted by molar-refractivity contribution is 0.0955. The van der Waals surface area contributed by atoms with Crippen LogP contribution in [-0.2, 0) is 6.42 Å². The van der Waals surface area contributed by atoms with Gasteiger partial charge in [0.25, 0.3) is 0 Å². The van der Waals surface area contributed by atoms with Gasteiger partial charge in [-0.25, -0.2) is 0 Å². The normalized spacial score (nSPS) is 39.7. The van der Waals surface area contributed by atoms with Crippen LogP contribution in [0.4, 0.5) is 0 Å². The second kappa shape index (κ2) is 4.49. The molecule has 0 unspecified atom stereocenters. The fourth-order valence-corrected chi connectivity index (χ4v) is 5.57. The zero-order chi connectivity index (χ0) is 14.6. The Morgan fingerprint density at radius 1 is 1.24 bits per heavy atom. The van der Waals surface area contributed by atoms with E-state index >= 15 is 0 Å². The second-order valence-electron chi connectivity index (χ2n) is 7.37. The quantitative estimate of drug-likeness (QED) is 0.565. The number of hydrazone groups is 1. The lowest BCUT2D eigenvalue weighted by atomic mass is 9.55. The highest BCUT2D eigenvalue weighted by Gasteiger charge is 2.53. The van der Waals surface area contributed by atoms with Crippen molar-refractivity contribution in [2.75, 3.05) is 0 Å². The minimum absolute atomic E-state index is 0.240. The Labute approximate surface area is 126 Å². The molecule has 0 saturated heterocycles. The van der Waals surface area contributed by atoms with Crippen LogP contribution in [0.5, 0.6) is 5.75 Å². The zero-order valence-electron chi connectivity index (χ0n) is 12.7. The predicted molar refractivity (Wildman–Crippen MR) is 84.3 cm³/mol. The van der Waals surface area contributed by atoms with Gasteiger partial charge >= 0.3 is 0 Å². The molecule has 0 heterocycles. The molecule has 1 aromatic carbocycles. The van der Waals surface area contributed by atoms with E-state index in [2.05, 4.69) is 18.1 Å². The molecular formula is C18H24N2O. The van der Waals surface area contributed by atoms with Gasteiger partial charge in [0.15, 0.2) is 0 Å². The van der Waals surface area contributed by atoms with Crippen molar-refractivity contribution in [3.63, 3.8) is 0 Å². The Balaban J connectivity index is 1.72. The maximum Gasteiger partial charge on any atom is 0.115 e. The molecule has 0 radical (unpaired) electrons. The number of hydrogen-bond acceptors (Lipinski definition) is 3. The Hall–Kier alpha value is -1.51. The molecular weight excluding hydrogens is 260 g/mol. The van der Waals surface area contributed by atoms with Gasteiger partial charge < -0.3 is 10.9 Å². The summed E-state index contributed by atoms with van der Waals surface area (Å²) in [5, 5.41) is 13.8. The molecule has 3 N–H and O–H groups in total. The van der Waals surface area contributed by atoms with E-state index in [4.69, 9.17) is 5.84 Å². The summed E-state index contributed by atoms with van der Waals surface area (Å²) in [6, 6.07) is 5.99. The third-order valence-corrected chi connectivity index (χ3v) is 6.61. The Morgan fingerprint density at radius 2 is 2.10 bits per heavy atom. The first-order chi connectivity index (χ1) is 10.1. The summed E-state index contributed by atoms with van der Waals surface area (Å²) in [6.45, 7) is 2.39. The molecule has 0 spiro atoms. The molecule has 112 valence electrons. The van der Waals surface area contributed by atoms with Crippen molar-refractivity contribution in [2.24, 2.45) is 28.2 Å². The minimum Gasteiger partial charge on any atom is -0.508 e. The molecule has 2 saturated carbocycles. The van der Waals surface area contributed by atoms with Crippen molar-refractivity contribution in [1.29, 1.82) is 0 Å². The van der Waals surface area contributed by atoms with Gasteiger partial charge in [-0.2, -0.15) is 5.10 Å². The molecule has 4 rings (SSSR count). The lowest BCUT2D eigenvalue weighted by Gasteiger charge is -2.49. The van der Waals surface area contributed by atoms with Crippen LogP contribution in [0.3, 0.4) is 0 Å². The molecule has 21 heavy (non-hydrogen) atoms. The van der Waals surface area contributed by atoms with E-state index in [0.29, 0.717) is 11.7 Å². The number of fused-ring (bicyclic) bond motifs is 5. The van der Waals surface area contributed by atoms with Gasteiger partial charge in [-0.05, 0) is 79.5 Å². The van der Waals surface area contributed by atoms with Crippen molar-refractivity contribution in [1.82, 2.24) is 0 Å². The van der Waals surface area contributed by atoms with E-state index in [1.165, 1.54) is 42.5 Å².